The lowest BCUT2D eigenvalue weighted by Gasteiger charge is -2.12. The minimum absolute atomic E-state index is 0.0261. The number of anilines is 2. The largest absolute Gasteiger partial charge is 0.508 e. The fraction of sp³-hybridized carbons (Fsp3) is 0. The SMILES string of the molecule is NS(=O)(=O)c1cccc(Nc2nccc3c(-c4cccc(O)c4)cccc23)c1. The summed E-state index contributed by atoms with van der Waals surface area (Å²) in [5, 5.41) is 20.0. The van der Waals surface area contributed by atoms with Gasteiger partial charge in [-0.05, 0) is 52.9 Å². The third-order valence-corrected chi connectivity index (χ3v) is 5.30. The number of primary sulfonamides is 1. The van der Waals surface area contributed by atoms with E-state index in [4.69, 9.17) is 5.14 Å². The van der Waals surface area contributed by atoms with Gasteiger partial charge in [0.2, 0.25) is 10.0 Å². The molecule has 3 aromatic carbocycles. The molecule has 0 bridgehead atoms. The first kappa shape index (κ1) is 18.0. The maximum atomic E-state index is 11.6. The highest BCUT2D eigenvalue weighted by Gasteiger charge is 2.11. The van der Waals surface area contributed by atoms with Gasteiger partial charge in [-0.3, -0.25) is 0 Å². The number of aromatic nitrogens is 1. The normalized spacial score (nSPS) is 11.5. The number of hydrogen-bond acceptors (Lipinski definition) is 5. The standard InChI is InChI=1S/C21H17N3O3S/c22-28(26,27)17-7-2-5-15(13-17)24-21-20-9-3-8-18(19(20)10-11-23-21)14-4-1-6-16(25)12-14/h1-13,25H,(H,23,24)(H2,22,26,27). The van der Waals surface area contributed by atoms with Gasteiger partial charge < -0.3 is 10.4 Å². The Bertz CT molecular complexity index is 1290. The quantitative estimate of drug-likeness (QED) is 0.488. The van der Waals surface area contributed by atoms with E-state index in [0.29, 0.717) is 11.5 Å². The Hall–Kier alpha value is -3.42. The molecule has 28 heavy (non-hydrogen) atoms. The van der Waals surface area contributed by atoms with Gasteiger partial charge in [0, 0.05) is 17.3 Å². The van der Waals surface area contributed by atoms with E-state index >= 15 is 0 Å². The summed E-state index contributed by atoms with van der Waals surface area (Å²) in [5.41, 5.74) is 2.41. The van der Waals surface area contributed by atoms with E-state index in [1.54, 1.807) is 36.5 Å². The average Bonchev–Trinajstić information content (AvgIpc) is 2.67. The average molecular weight is 391 g/mol. The van der Waals surface area contributed by atoms with Crippen LogP contribution in [-0.4, -0.2) is 18.5 Å². The molecule has 0 saturated carbocycles. The monoisotopic (exact) mass is 391 g/mol. The minimum atomic E-state index is -3.79. The second kappa shape index (κ2) is 6.95. The van der Waals surface area contributed by atoms with Crippen molar-refractivity contribution in [2.24, 2.45) is 5.14 Å². The molecule has 0 fully saturated rings. The van der Waals surface area contributed by atoms with Gasteiger partial charge in [-0.15, -0.1) is 0 Å². The van der Waals surface area contributed by atoms with Crippen LogP contribution in [0.15, 0.2) is 83.9 Å². The van der Waals surface area contributed by atoms with Gasteiger partial charge in [0.15, 0.2) is 0 Å². The molecule has 7 heteroatoms. The first-order valence-corrected chi connectivity index (χ1v) is 10.0. The van der Waals surface area contributed by atoms with Crippen LogP contribution in [0.4, 0.5) is 11.5 Å². The predicted octanol–water partition coefficient (Wildman–Crippen LogP) is 4.00. The highest BCUT2D eigenvalue weighted by atomic mass is 32.2. The van der Waals surface area contributed by atoms with Gasteiger partial charge in [0.1, 0.15) is 11.6 Å². The van der Waals surface area contributed by atoms with Crippen LogP contribution in [-0.2, 0) is 10.0 Å². The molecule has 0 aliphatic carbocycles. The first-order valence-electron chi connectivity index (χ1n) is 8.49. The zero-order valence-electron chi connectivity index (χ0n) is 14.7. The smallest absolute Gasteiger partial charge is 0.238 e. The number of pyridine rings is 1. The molecule has 6 nitrogen and oxygen atoms in total. The molecule has 0 unspecified atom stereocenters. The third-order valence-electron chi connectivity index (χ3n) is 4.39. The van der Waals surface area contributed by atoms with Crippen molar-refractivity contribution in [3.05, 3.63) is 79.0 Å². The maximum Gasteiger partial charge on any atom is 0.238 e. The lowest BCUT2D eigenvalue weighted by molar-refractivity contribution is 0.475. The summed E-state index contributed by atoms with van der Waals surface area (Å²) in [4.78, 5) is 4.43. The topological polar surface area (TPSA) is 105 Å². The molecular formula is C21H17N3O3S. The Kier molecular flexibility index (Phi) is 4.46. The number of rotatable bonds is 4. The molecule has 140 valence electrons. The summed E-state index contributed by atoms with van der Waals surface area (Å²) in [6, 6.07) is 21.0. The van der Waals surface area contributed by atoms with Crippen LogP contribution in [0.2, 0.25) is 0 Å². The van der Waals surface area contributed by atoms with Crippen molar-refractivity contribution in [1.82, 2.24) is 4.98 Å². The predicted molar refractivity (Wildman–Crippen MR) is 110 cm³/mol. The van der Waals surface area contributed by atoms with E-state index < -0.39 is 10.0 Å². The van der Waals surface area contributed by atoms with E-state index in [1.165, 1.54) is 12.1 Å². The van der Waals surface area contributed by atoms with E-state index in [-0.39, 0.29) is 10.6 Å². The van der Waals surface area contributed by atoms with Crippen molar-refractivity contribution < 1.29 is 13.5 Å². The van der Waals surface area contributed by atoms with Gasteiger partial charge in [-0.25, -0.2) is 18.5 Å². The number of phenolic OH excluding ortho intramolecular Hbond substituents is 1. The van der Waals surface area contributed by atoms with E-state index in [0.717, 1.165) is 21.9 Å². The molecule has 4 rings (SSSR count). The molecule has 0 spiro atoms. The number of phenols is 1. The molecule has 4 N–H and O–H groups in total. The van der Waals surface area contributed by atoms with Crippen molar-refractivity contribution in [2.75, 3.05) is 5.32 Å². The number of fused-ring (bicyclic) bond motifs is 1. The third kappa shape index (κ3) is 3.53. The fourth-order valence-corrected chi connectivity index (χ4v) is 3.68. The number of benzene rings is 3. The molecule has 0 atom stereocenters. The Labute approximate surface area is 162 Å². The van der Waals surface area contributed by atoms with E-state index in [2.05, 4.69) is 10.3 Å². The van der Waals surface area contributed by atoms with Crippen LogP contribution in [0.1, 0.15) is 0 Å². The number of nitrogens with zero attached hydrogens (tertiary/aromatic N) is 1. The molecule has 1 heterocycles. The van der Waals surface area contributed by atoms with Crippen LogP contribution >= 0.6 is 0 Å². The molecule has 1 aromatic heterocycles. The lowest BCUT2D eigenvalue weighted by Crippen LogP contribution is -2.12. The molecule has 4 aromatic rings. The summed E-state index contributed by atoms with van der Waals surface area (Å²) >= 11 is 0. The van der Waals surface area contributed by atoms with Gasteiger partial charge in [-0.1, -0.05) is 36.4 Å². The number of sulfonamides is 1. The Morgan fingerprint density at radius 1 is 0.893 bits per heavy atom. The molecular weight excluding hydrogens is 374 g/mol. The Balaban J connectivity index is 1.81. The number of nitrogens with one attached hydrogen (secondary N) is 1. The fourth-order valence-electron chi connectivity index (χ4n) is 3.12. The molecule has 0 saturated heterocycles. The number of aromatic hydroxyl groups is 1. The summed E-state index contributed by atoms with van der Waals surface area (Å²) in [5.74, 6) is 0.785. The summed E-state index contributed by atoms with van der Waals surface area (Å²) < 4.78 is 23.2. The summed E-state index contributed by atoms with van der Waals surface area (Å²) in [6.45, 7) is 0. The van der Waals surface area contributed by atoms with E-state index in [1.807, 2.05) is 30.3 Å². The summed E-state index contributed by atoms with van der Waals surface area (Å²) in [6.07, 6.45) is 1.68. The van der Waals surface area contributed by atoms with Crippen LogP contribution in [0.25, 0.3) is 21.9 Å². The van der Waals surface area contributed by atoms with Crippen molar-refractivity contribution in [1.29, 1.82) is 0 Å². The van der Waals surface area contributed by atoms with Crippen LogP contribution in [0.3, 0.4) is 0 Å². The molecule has 0 amide bonds. The zero-order valence-corrected chi connectivity index (χ0v) is 15.5. The second-order valence-electron chi connectivity index (χ2n) is 6.31. The second-order valence-corrected chi connectivity index (χ2v) is 7.87. The van der Waals surface area contributed by atoms with Gasteiger partial charge in [0.25, 0.3) is 0 Å². The van der Waals surface area contributed by atoms with Gasteiger partial charge >= 0.3 is 0 Å². The lowest BCUT2D eigenvalue weighted by atomic mass is 9.99. The minimum Gasteiger partial charge on any atom is -0.508 e. The molecule has 0 aliphatic rings. The van der Waals surface area contributed by atoms with Gasteiger partial charge in [-0.2, -0.15) is 0 Å². The van der Waals surface area contributed by atoms with Crippen molar-refractivity contribution in [3.8, 4) is 16.9 Å². The first-order chi connectivity index (χ1) is 13.4. The Morgan fingerprint density at radius 3 is 2.46 bits per heavy atom. The highest BCUT2D eigenvalue weighted by Crippen LogP contribution is 2.33. The van der Waals surface area contributed by atoms with Crippen LogP contribution in [0.5, 0.6) is 5.75 Å². The molecule has 0 aliphatic heterocycles. The van der Waals surface area contributed by atoms with Crippen LogP contribution in [0, 0.1) is 0 Å². The van der Waals surface area contributed by atoms with Gasteiger partial charge in [0.05, 0.1) is 4.90 Å². The van der Waals surface area contributed by atoms with Crippen molar-refractivity contribution in [2.45, 2.75) is 4.90 Å². The molecule has 0 radical (unpaired) electrons. The zero-order chi connectivity index (χ0) is 19.7. The van der Waals surface area contributed by atoms with Crippen molar-refractivity contribution >= 4 is 32.3 Å². The number of hydrogen-bond donors (Lipinski definition) is 3. The van der Waals surface area contributed by atoms with E-state index in [9.17, 15) is 13.5 Å². The highest BCUT2D eigenvalue weighted by molar-refractivity contribution is 7.89. The maximum absolute atomic E-state index is 11.6. The summed E-state index contributed by atoms with van der Waals surface area (Å²) in [7, 11) is -3.79. The Morgan fingerprint density at radius 2 is 1.68 bits per heavy atom. The van der Waals surface area contributed by atoms with Crippen LogP contribution < -0.4 is 10.5 Å². The number of nitrogens with two attached hydrogens (primary N) is 1. The van der Waals surface area contributed by atoms with Crippen molar-refractivity contribution in [3.63, 3.8) is 0 Å².